The second-order valence-electron chi connectivity index (χ2n) is 7.97. The molecule has 0 radical (unpaired) electrons. The van der Waals surface area contributed by atoms with E-state index in [0.717, 1.165) is 23.1 Å². The van der Waals surface area contributed by atoms with Gasteiger partial charge in [-0.15, -0.1) is 0 Å². The zero-order valence-electron chi connectivity index (χ0n) is 14.1. The summed E-state index contributed by atoms with van der Waals surface area (Å²) < 4.78 is 0. The Labute approximate surface area is 130 Å². The number of thioether (sulfide) groups is 1. The summed E-state index contributed by atoms with van der Waals surface area (Å²) in [5, 5.41) is 4.41. The van der Waals surface area contributed by atoms with Gasteiger partial charge in [-0.25, -0.2) is 0 Å². The second-order valence-corrected chi connectivity index (χ2v) is 9.52. The van der Waals surface area contributed by atoms with Gasteiger partial charge in [0.25, 0.3) is 0 Å². The van der Waals surface area contributed by atoms with Crippen LogP contribution in [0.1, 0.15) is 47.0 Å². The van der Waals surface area contributed by atoms with Gasteiger partial charge in [0.15, 0.2) is 0 Å². The van der Waals surface area contributed by atoms with Crippen LogP contribution in [-0.2, 0) is 0 Å². The molecule has 0 aromatic rings. The maximum absolute atomic E-state index is 3.59. The van der Waals surface area contributed by atoms with Gasteiger partial charge in [-0.2, -0.15) is 11.8 Å². The minimum Gasteiger partial charge on any atom is -0.317 e. The maximum Gasteiger partial charge on any atom is 0.0147 e. The Hall–Kier alpha value is 0.270. The minimum atomic E-state index is 0.474. The first-order valence-electron chi connectivity index (χ1n) is 8.41. The van der Waals surface area contributed by atoms with Gasteiger partial charge >= 0.3 is 0 Å². The third-order valence-electron chi connectivity index (χ3n) is 5.40. The standard InChI is InChI=1S/C17H34N2S/c1-13-11-19(8-9-20-13)12-14-10-15(17(2,3)4)6-7-16(14)18-5/h13-16,18H,6-12H2,1-5H3. The van der Waals surface area contributed by atoms with Crippen molar-refractivity contribution < 1.29 is 0 Å². The number of nitrogens with zero attached hydrogens (tertiary/aromatic N) is 1. The van der Waals surface area contributed by atoms with Crippen molar-refractivity contribution in [2.24, 2.45) is 17.3 Å². The molecule has 1 aliphatic heterocycles. The highest BCUT2D eigenvalue weighted by Crippen LogP contribution is 2.40. The molecule has 2 aliphatic rings. The predicted octanol–water partition coefficient (Wildman–Crippen LogP) is 3.47. The molecule has 4 unspecified atom stereocenters. The monoisotopic (exact) mass is 298 g/mol. The minimum absolute atomic E-state index is 0.474. The van der Waals surface area contributed by atoms with E-state index in [0.29, 0.717) is 5.41 Å². The Kier molecular flexibility index (Phi) is 5.84. The van der Waals surface area contributed by atoms with Crippen molar-refractivity contribution >= 4 is 11.8 Å². The van der Waals surface area contributed by atoms with Crippen molar-refractivity contribution in [1.82, 2.24) is 10.2 Å². The van der Waals surface area contributed by atoms with Crippen molar-refractivity contribution in [2.45, 2.75) is 58.2 Å². The third-order valence-corrected chi connectivity index (χ3v) is 6.53. The van der Waals surface area contributed by atoms with Gasteiger partial charge in [-0.3, -0.25) is 0 Å². The quantitative estimate of drug-likeness (QED) is 0.859. The number of hydrogen-bond donors (Lipinski definition) is 1. The normalized spacial score (nSPS) is 37.0. The van der Waals surface area contributed by atoms with Crippen molar-refractivity contribution in [3.8, 4) is 0 Å². The highest BCUT2D eigenvalue weighted by Gasteiger charge is 2.36. The first-order chi connectivity index (χ1) is 9.40. The number of rotatable bonds is 3. The lowest BCUT2D eigenvalue weighted by molar-refractivity contribution is 0.0908. The molecule has 4 atom stereocenters. The van der Waals surface area contributed by atoms with Crippen molar-refractivity contribution in [3.05, 3.63) is 0 Å². The lowest BCUT2D eigenvalue weighted by Gasteiger charge is -2.44. The van der Waals surface area contributed by atoms with E-state index in [1.807, 2.05) is 0 Å². The summed E-state index contributed by atoms with van der Waals surface area (Å²) in [4.78, 5) is 2.72. The number of hydrogen-bond acceptors (Lipinski definition) is 3. The zero-order chi connectivity index (χ0) is 14.8. The van der Waals surface area contributed by atoms with E-state index in [2.05, 4.69) is 56.7 Å². The largest absolute Gasteiger partial charge is 0.317 e. The van der Waals surface area contributed by atoms with Crippen molar-refractivity contribution in [3.63, 3.8) is 0 Å². The highest BCUT2D eigenvalue weighted by molar-refractivity contribution is 7.99. The third kappa shape index (κ3) is 4.38. The van der Waals surface area contributed by atoms with Crippen LogP contribution in [0.2, 0.25) is 0 Å². The molecule has 20 heavy (non-hydrogen) atoms. The van der Waals surface area contributed by atoms with Crippen LogP contribution in [0.5, 0.6) is 0 Å². The van der Waals surface area contributed by atoms with Gasteiger partial charge in [-0.1, -0.05) is 27.7 Å². The van der Waals surface area contributed by atoms with Crippen molar-refractivity contribution in [1.29, 1.82) is 0 Å². The summed E-state index contributed by atoms with van der Waals surface area (Å²) in [6.45, 7) is 13.5. The van der Waals surface area contributed by atoms with E-state index in [1.54, 1.807) is 0 Å². The lowest BCUT2D eigenvalue weighted by atomic mass is 9.67. The Balaban J connectivity index is 1.94. The van der Waals surface area contributed by atoms with E-state index >= 15 is 0 Å². The summed E-state index contributed by atoms with van der Waals surface area (Å²) in [6, 6.07) is 0.735. The Morgan fingerprint density at radius 3 is 2.60 bits per heavy atom. The summed E-state index contributed by atoms with van der Waals surface area (Å²) in [5.41, 5.74) is 0.474. The molecule has 0 spiro atoms. The summed E-state index contributed by atoms with van der Waals surface area (Å²) in [6.07, 6.45) is 4.17. The average molecular weight is 299 g/mol. The van der Waals surface area contributed by atoms with E-state index in [-0.39, 0.29) is 0 Å². The molecule has 1 N–H and O–H groups in total. The van der Waals surface area contributed by atoms with Gasteiger partial charge in [0.2, 0.25) is 0 Å². The topological polar surface area (TPSA) is 15.3 Å². The van der Waals surface area contributed by atoms with Crippen LogP contribution in [-0.4, -0.2) is 48.6 Å². The molecule has 0 aromatic heterocycles. The fraction of sp³-hybridized carbons (Fsp3) is 1.00. The average Bonchev–Trinajstić information content (AvgIpc) is 2.37. The molecular weight excluding hydrogens is 264 g/mol. The molecule has 2 fully saturated rings. The van der Waals surface area contributed by atoms with Gasteiger partial charge < -0.3 is 10.2 Å². The SMILES string of the molecule is CNC1CCC(C(C)(C)C)CC1CN1CCSC(C)C1. The van der Waals surface area contributed by atoms with Crippen LogP contribution in [0.4, 0.5) is 0 Å². The molecule has 3 heteroatoms. The first-order valence-corrected chi connectivity index (χ1v) is 9.46. The smallest absolute Gasteiger partial charge is 0.0147 e. The fourth-order valence-corrected chi connectivity index (χ4v) is 5.10. The zero-order valence-corrected chi connectivity index (χ0v) is 14.9. The van der Waals surface area contributed by atoms with Gasteiger partial charge in [0, 0.05) is 36.7 Å². The fourth-order valence-electron chi connectivity index (χ4n) is 4.02. The van der Waals surface area contributed by atoms with Gasteiger partial charge in [0.1, 0.15) is 0 Å². The number of nitrogens with one attached hydrogen (secondary N) is 1. The molecule has 1 saturated carbocycles. The molecule has 0 bridgehead atoms. The molecule has 118 valence electrons. The van der Waals surface area contributed by atoms with Crippen LogP contribution in [0.25, 0.3) is 0 Å². The van der Waals surface area contributed by atoms with Crippen LogP contribution in [0.3, 0.4) is 0 Å². The molecule has 1 heterocycles. The summed E-state index contributed by atoms with van der Waals surface area (Å²) >= 11 is 2.14. The Morgan fingerprint density at radius 2 is 2.00 bits per heavy atom. The Bertz CT molecular complexity index is 300. The first kappa shape index (κ1) is 16.6. The van der Waals surface area contributed by atoms with Gasteiger partial charge in [-0.05, 0) is 43.6 Å². The molecule has 1 aliphatic carbocycles. The van der Waals surface area contributed by atoms with Crippen LogP contribution in [0.15, 0.2) is 0 Å². The van der Waals surface area contributed by atoms with E-state index < -0.39 is 0 Å². The van der Waals surface area contributed by atoms with Crippen molar-refractivity contribution in [2.75, 3.05) is 32.4 Å². The highest BCUT2D eigenvalue weighted by atomic mass is 32.2. The van der Waals surface area contributed by atoms with Crippen LogP contribution >= 0.6 is 11.8 Å². The molecule has 0 aromatic carbocycles. The summed E-state index contributed by atoms with van der Waals surface area (Å²) in [5.74, 6) is 3.06. The predicted molar refractivity (Wildman–Crippen MR) is 91.5 cm³/mol. The molecule has 1 saturated heterocycles. The van der Waals surface area contributed by atoms with E-state index in [9.17, 15) is 0 Å². The van der Waals surface area contributed by atoms with Gasteiger partial charge in [0.05, 0.1) is 0 Å². The van der Waals surface area contributed by atoms with E-state index in [4.69, 9.17) is 0 Å². The Morgan fingerprint density at radius 1 is 1.25 bits per heavy atom. The summed E-state index contributed by atoms with van der Waals surface area (Å²) in [7, 11) is 2.16. The molecular formula is C17H34N2S. The van der Waals surface area contributed by atoms with Crippen LogP contribution < -0.4 is 5.32 Å². The molecule has 2 rings (SSSR count). The second kappa shape index (κ2) is 7.02. The van der Waals surface area contributed by atoms with E-state index in [1.165, 1.54) is 44.6 Å². The molecule has 2 nitrogen and oxygen atoms in total. The molecule has 0 amide bonds. The maximum atomic E-state index is 3.59. The lowest BCUT2D eigenvalue weighted by Crippen LogP contribution is -2.48. The van der Waals surface area contributed by atoms with Crippen LogP contribution in [0, 0.1) is 17.3 Å².